The summed E-state index contributed by atoms with van der Waals surface area (Å²) in [5.41, 5.74) is 6.53. The average Bonchev–Trinajstić information content (AvgIpc) is 3.03. The molecule has 1 spiro atoms. The first-order valence-electron chi connectivity index (χ1n) is 12.6. The molecule has 3 aliphatic rings. The van der Waals surface area contributed by atoms with Gasteiger partial charge in [-0.3, -0.25) is 24.3 Å². The Hall–Kier alpha value is -2.00. The van der Waals surface area contributed by atoms with Crippen molar-refractivity contribution < 1.29 is 14.7 Å². The zero-order valence-electron chi connectivity index (χ0n) is 20.9. The van der Waals surface area contributed by atoms with Crippen LogP contribution in [-0.2, 0) is 15.1 Å². The van der Waals surface area contributed by atoms with Gasteiger partial charge in [0.2, 0.25) is 11.8 Å². The summed E-state index contributed by atoms with van der Waals surface area (Å²) in [4.78, 5) is 30.0. The molecular formula is C26H41N5O3. The molecule has 1 unspecified atom stereocenters. The van der Waals surface area contributed by atoms with Gasteiger partial charge in [0.15, 0.2) is 6.35 Å². The van der Waals surface area contributed by atoms with Crippen LogP contribution in [0.5, 0.6) is 0 Å². The van der Waals surface area contributed by atoms with Crippen molar-refractivity contribution in [2.24, 2.45) is 11.1 Å². The van der Waals surface area contributed by atoms with Gasteiger partial charge in [-0.15, -0.1) is 0 Å². The molecule has 3 fully saturated rings. The first-order chi connectivity index (χ1) is 16.1. The number of hydrogen-bond acceptors (Lipinski definition) is 6. The molecule has 0 aromatic heterocycles. The van der Waals surface area contributed by atoms with E-state index in [1.54, 1.807) is 0 Å². The van der Waals surface area contributed by atoms with Gasteiger partial charge < -0.3 is 16.2 Å². The molecule has 1 aliphatic heterocycles. The lowest BCUT2D eigenvalue weighted by Crippen LogP contribution is -2.58. The van der Waals surface area contributed by atoms with Gasteiger partial charge >= 0.3 is 0 Å². The largest absolute Gasteiger partial charge is 0.368 e. The van der Waals surface area contributed by atoms with E-state index in [0.717, 1.165) is 32.2 Å². The lowest BCUT2D eigenvalue weighted by atomic mass is 9.66. The van der Waals surface area contributed by atoms with Gasteiger partial charge in [-0.1, -0.05) is 43.7 Å². The van der Waals surface area contributed by atoms with Crippen LogP contribution in [0.4, 0.5) is 0 Å². The van der Waals surface area contributed by atoms with Crippen molar-refractivity contribution in [3.8, 4) is 0 Å². The van der Waals surface area contributed by atoms with Crippen LogP contribution in [-0.4, -0.2) is 83.8 Å². The number of aliphatic hydroxyl groups is 1. The maximum atomic E-state index is 12.5. The summed E-state index contributed by atoms with van der Waals surface area (Å²) in [5.74, 6) is -0.855. The van der Waals surface area contributed by atoms with Gasteiger partial charge in [-0.05, 0) is 63.6 Å². The van der Waals surface area contributed by atoms with Crippen LogP contribution in [0.25, 0.3) is 0 Å². The molecular weight excluding hydrogens is 430 g/mol. The Morgan fingerprint density at radius 2 is 1.76 bits per heavy atom. The number of nitrogens with zero attached hydrogens (tertiary/aromatic N) is 3. The number of aliphatic hydroxyl groups excluding tert-OH is 1. The minimum Gasteiger partial charge on any atom is -0.368 e. The normalized spacial score (nSPS) is 31.5. The second-order valence-electron chi connectivity index (χ2n) is 11.3. The fraction of sp³-hybridized carbons (Fsp3) is 0.692. The number of benzene rings is 1. The van der Waals surface area contributed by atoms with E-state index in [0.29, 0.717) is 6.54 Å². The minimum atomic E-state index is -0.805. The molecule has 1 heterocycles. The third-order valence-corrected chi connectivity index (χ3v) is 8.81. The van der Waals surface area contributed by atoms with E-state index in [1.165, 1.54) is 24.8 Å². The molecule has 1 atom stereocenters. The smallest absolute Gasteiger partial charge is 0.236 e. The van der Waals surface area contributed by atoms with E-state index in [4.69, 9.17) is 5.73 Å². The number of primary amides is 1. The molecule has 34 heavy (non-hydrogen) atoms. The number of hydrogen-bond donors (Lipinski definition) is 3. The number of carbonyl (C=O) groups is 2. The summed E-state index contributed by atoms with van der Waals surface area (Å²) in [7, 11) is 4.33. The zero-order chi connectivity index (χ0) is 24.6. The monoisotopic (exact) mass is 471 g/mol. The van der Waals surface area contributed by atoms with Crippen LogP contribution in [0.3, 0.4) is 0 Å². The fourth-order valence-corrected chi connectivity index (χ4v) is 6.47. The van der Waals surface area contributed by atoms with Crippen LogP contribution < -0.4 is 11.1 Å². The number of rotatable bonds is 8. The highest BCUT2D eigenvalue weighted by molar-refractivity contribution is 5.84. The zero-order valence-corrected chi connectivity index (χ0v) is 20.9. The van der Waals surface area contributed by atoms with Crippen molar-refractivity contribution >= 4 is 11.8 Å². The summed E-state index contributed by atoms with van der Waals surface area (Å²) >= 11 is 0. The molecule has 0 bridgehead atoms. The van der Waals surface area contributed by atoms with Crippen LogP contribution in [0.15, 0.2) is 30.3 Å². The quantitative estimate of drug-likeness (QED) is 0.530. The Labute approximate surface area is 203 Å². The number of nitrogens with one attached hydrogen (secondary N) is 1. The van der Waals surface area contributed by atoms with E-state index in [9.17, 15) is 14.7 Å². The molecule has 8 heteroatoms. The van der Waals surface area contributed by atoms with Gasteiger partial charge in [-0.2, -0.15) is 0 Å². The predicted octanol–water partition coefficient (Wildman–Crippen LogP) is 1.44. The highest BCUT2D eigenvalue weighted by Crippen LogP contribution is 2.51. The SMILES string of the molecule is CN(C)[C@]1(c2ccccc2)CC[C@]2(CC1)CN(CC(=O)NCC(N)=O)C(O)N2CC1(C)CCC1. The topological polar surface area (TPSA) is 102 Å². The average molecular weight is 472 g/mol. The highest BCUT2D eigenvalue weighted by Gasteiger charge is 2.56. The number of amides is 2. The molecule has 1 aromatic rings. The molecule has 2 aliphatic carbocycles. The van der Waals surface area contributed by atoms with E-state index in [2.05, 4.69) is 66.5 Å². The second kappa shape index (κ2) is 9.57. The summed E-state index contributed by atoms with van der Waals surface area (Å²) < 4.78 is 0. The fourth-order valence-electron chi connectivity index (χ4n) is 6.47. The van der Waals surface area contributed by atoms with Gasteiger partial charge in [-0.25, -0.2) is 0 Å². The third kappa shape index (κ3) is 4.73. The minimum absolute atomic E-state index is 0.0320. The van der Waals surface area contributed by atoms with E-state index < -0.39 is 12.3 Å². The number of nitrogens with two attached hydrogens (primary N) is 1. The first kappa shape index (κ1) is 25.1. The van der Waals surface area contributed by atoms with Crippen LogP contribution in [0, 0.1) is 5.41 Å². The second-order valence-corrected chi connectivity index (χ2v) is 11.3. The van der Waals surface area contributed by atoms with Crippen LogP contribution in [0.2, 0.25) is 0 Å². The van der Waals surface area contributed by atoms with Crippen molar-refractivity contribution in [1.82, 2.24) is 20.0 Å². The van der Waals surface area contributed by atoms with Crippen molar-refractivity contribution in [3.63, 3.8) is 0 Å². The van der Waals surface area contributed by atoms with Crippen LogP contribution >= 0.6 is 0 Å². The Kier molecular flexibility index (Phi) is 7.06. The van der Waals surface area contributed by atoms with E-state index in [-0.39, 0.29) is 35.5 Å². The lowest BCUT2D eigenvalue weighted by Gasteiger charge is -2.53. The van der Waals surface area contributed by atoms with Gasteiger partial charge in [0.25, 0.3) is 0 Å². The molecule has 1 saturated heterocycles. The van der Waals surface area contributed by atoms with Crippen molar-refractivity contribution in [2.75, 3.05) is 40.3 Å². The Balaban J connectivity index is 1.55. The molecule has 4 N–H and O–H groups in total. The van der Waals surface area contributed by atoms with Crippen molar-refractivity contribution in [2.45, 2.75) is 69.3 Å². The van der Waals surface area contributed by atoms with E-state index in [1.807, 2.05) is 4.90 Å². The number of carbonyl (C=O) groups excluding carboxylic acids is 2. The molecule has 1 aromatic carbocycles. The molecule has 8 nitrogen and oxygen atoms in total. The Morgan fingerprint density at radius 3 is 2.29 bits per heavy atom. The third-order valence-electron chi connectivity index (χ3n) is 8.81. The first-order valence-corrected chi connectivity index (χ1v) is 12.6. The van der Waals surface area contributed by atoms with Crippen molar-refractivity contribution in [1.29, 1.82) is 0 Å². The summed E-state index contributed by atoms with van der Waals surface area (Å²) in [6.07, 6.45) is 6.68. The van der Waals surface area contributed by atoms with Crippen LogP contribution in [0.1, 0.15) is 57.4 Å². The molecule has 0 radical (unpaired) electrons. The van der Waals surface area contributed by atoms with Crippen molar-refractivity contribution in [3.05, 3.63) is 35.9 Å². The van der Waals surface area contributed by atoms with Gasteiger partial charge in [0.1, 0.15) is 0 Å². The molecule has 188 valence electrons. The maximum Gasteiger partial charge on any atom is 0.236 e. The lowest BCUT2D eigenvalue weighted by molar-refractivity contribution is -0.134. The van der Waals surface area contributed by atoms with E-state index >= 15 is 0 Å². The Morgan fingerprint density at radius 1 is 1.12 bits per heavy atom. The van der Waals surface area contributed by atoms with Gasteiger partial charge in [0.05, 0.1) is 13.1 Å². The Bertz CT molecular complexity index is 878. The molecule has 4 rings (SSSR count). The summed E-state index contributed by atoms with van der Waals surface area (Å²) in [6, 6.07) is 10.7. The molecule has 2 saturated carbocycles. The standard InChI is InChI=1S/C26H41N5O3/c1-24(10-7-11-24)18-31-23(34)30(17-22(33)28-16-21(27)32)19-25(31)12-14-26(15-13-25,29(2)3)20-8-5-4-6-9-20/h4-6,8-9,23,34H,7,10-19H2,1-3H3,(H2,27,32)(H,28,33)/t23?,25-,26+. The summed E-state index contributed by atoms with van der Waals surface area (Å²) in [5, 5.41) is 14.0. The maximum absolute atomic E-state index is 12.5. The summed E-state index contributed by atoms with van der Waals surface area (Å²) in [6.45, 7) is 3.68. The molecule has 2 amide bonds. The highest BCUT2D eigenvalue weighted by atomic mass is 16.3. The predicted molar refractivity (Wildman–Crippen MR) is 131 cm³/mol. The van der Waals surface area contributed by atoms with Gasteiger partial charge in [0, 0.05) is 24.2 Å².